The predicted molar refractivity (Wildman–Crippen MR) is 80.4 cm³/mol. The van der Waals surface area contributed by atoms with Crippen LogP contribution in [0.3, 0.4) is 0 Å². The number of aromatic nitrogens is 1. The van der Waals surface area contributed by atoms with Crippen LogP contribution in [0.15, 0.2) is 36.7 Å². The maximum Gasteiger partial charge on any atom is 0.0349 e. The van der Waals surface area contributed by atoms with E-state index < -0.39 is 0 Å². The molecule has 1 fully saturated rings. The van der Waals surface area contributed by atoms with E-state index in [1.807, 2.05) is 12.4 Å². The van der Waals surface area contributed by atoms with Crippen LogP contribution < -0.4 is 5.32 Å². The number of rotatable bonds is 3. The van der Waals surface area contributed by atoms with E-state index in [4.69, 9.17) is 0 Å². The average Bonchev–Trinajstić information content (AvgIpc) is 2.47. The van der Waals surface area contributed by atoms with E-state index in [9.17, 15) is 0 Å². The summed E-state index contributed by atoms with van der Waals surface area (Å²) in [5, 5.41) is 6.27. The highest BCUT2D eigenvalue weighted by Gasteiger charge is 2.23. The molecule has 2 heteroatoms. The van der Waals surface area contributed by atoms with Crippen molar-refractivity contribution in [1.82, 2.24) is 10.3 Å². The molecule has 1 heterocycles. The van der Waals surface area contributed by atoms with Gasteiger partial charge in [0.2, 0.25) is 0 Å². The lowest BCUT2D eigenvalue weighted by Crippen LogP contribution is -2.33. The molecule has 2 aromatic rings. The van der Waals surface area contributed by atoms with E-state index in [-0.39, 0.29) is 0 Å². The van der Waals surface area contributed by atoms with Gasteiger partial charge in [-0.15, -0.1) is 0 Å². The van der Waals surface area contributed by atoms with Crippen LogP contribution in [-0.2, 0) is 0 Å². The SMILES string of the molecule is CCNC1CCCC(c2cccc3ccncc23)C1. The largest absolute Gasteiger partial charge is 0.314 e. The molecule has 1 aliphatic rings. The molecular formula is C17H22N2. The summed E-state index contributed by atoms with van der Waals surface area (Å²) in [6, 6.07) is 9.47. The quantitative estimate of drug-likeness (QED) is 0.899. The zero-order valence-electron chi connectivity index (χ0n) is 11.6. The molecule has 2 unspecified atom stereocenters. The Morgan fingerprint density at radius 2 is 2.21 bits per heavy atom. The lowest BCUT2D eigenvalue weighted by Gasteiger charge is -2.30. The van der Waals surface area contributed by atoms with E-state index in [1.165, 1.54) is 42.0 Å². The van der Waals surface area contributed by atoms with E-state index in [2.05, 4.69) is 41.5 Å². The zero-order chi connectivity index (χ0) is 13.1. The molecule has 0 saturated heterocycles. The molecule has 1 aliphatic carbocycles. The van der Waals surface area contributed by atoms with Crippen molar-refractivity contribution in [3.05, 3.63) is 42.2 Å². The van der Waals surface area contributed by atoms with Crippen LogP contribution in [-0.4, -0.2) is 17.6 Å². The second-order valence-corrected chi connectivity index (χ2v) is 5.56. The van der Waals surface area contributed by atoms with E-state index in [0.717, 1.165) is 6.54 Å². The van der Waals surface area contributed by atoms with Gasteiger partial charge in [-0.1, -0.05) is 31.5 Å². The molecular weight excluding hydrogens is 232 g/mol. The van der Waals surface area contributed by atoms with Crippen molar-refractivity contribution in [1.29, 1.82) is 0 Å². The zero-order valence-corrected chi connectivity index (χ0v) is 11.6. The number of pyridine rings is 1. The molecule has 0 aliphatic heterocycles. The maximum absolute atomic E-state index is 4.31. The lowest BCUT2D eigenvalue weighted by molar-refractivity contribution is 0.345. The number of hydrogen-bond acceptors (Lipinski definition) is 2. The summed E-state index contributed by atoms with van der Waals surface area (Å²) in [5.41, 5.74) is 1.49. The minimum atomic E-state index is 0.686. The first-order valence-electron chi connectivity index (χ1n) is 7.44. The van der Waals surface area contributed by atoms with Gasteiger partial charge >= 0.3 is 0 Å². The van der Waals surface area contributed by atoms with Gasteiger partial charge in [0, 0.05) is 23.8 Å². The number of nitrogens with zero attached hydrogens (tertiary/aromatic N) is 1. The Balaban J connectivity index is 1.91. The monoisotopic (exact) mass is 254 g/mol. The van der Waals surface area contributed by atoms with Gasteiger partial charge in [0.15, 0.2) is 0 Å². The summed E-state index contributed by atoms with van der Waals surface area (Å²) in [7, 11) is 0. The molecule has 0 radical (unpaired) electrons. The van der Waals surface area contributed by atoms with Gasteiger partial charge in [0.05, 0.1) is 0 Å². The van der Waals surface area contributed by atoms with Gasteiger partial charge < -0.3 is 5.32 Å². The predicted octanol–water partition coefficient (Wildman–Crippen LogP) is 3.87. The van der Waals surface area contributed by atoms with E-state index in [0.29, 0.717) is 12.0 Å². The lowest BCUT2D eigenvalue weighted by atomic mass is 9.80. The first-order chi connectivity index (χ1) is 9.38. The van der Waals surface area contributed by atoms with Crippen LogP contribution in [0, 0.1) is 0 Å². The molecule has 19 heavy (non-hydrogen) atoms. The average molecular weight is 254 g/mol. The Hall–Kier alpha value is -1.41. The van der Waals surface area contributed by atoms with Crippen LogP contribution in [0.5, 0.6) is 0 Å². The standard InChI is InChI=1S/C17H22N2/c1-2-19-15-7-3-6-14(11-15)16-8-4-5-13-9-10-18-12-17(13)16/h4-5,8-10,12,14-15,19H,2-3,6-7,11H2,1H3. The fraction of sp³-hybridized carbons (Fsp3) is 0.471. The smallest absolute Gasteiger partial charge is 0.0349 e. The Labute approximate surface area is 115 Å². The van der Waals surface area contributed by atoms with Gasteiger partial charge in [-0.05, 0) is 48.7 Å². The Morgan fingerprint density at radius 1 is 1.26 bits per heavy atom. The number of nitrogens with one attached hydrogen (secondary N) is 1. The summed E-state index contributed by atoms with van der Waals surface area (Å²) < 4.78 is 0. The molecule has 1 aromatic carbocycles. The number of hydrogen-bond donors (Lipinski definition) is 1. The van der Waals surface area contributed by atoms with Crippen molar-refractivity contribution >= 4 is 10.8 Å². The molecule has 3 rings (SSSR count). The summed E-state index contributed by atoms with van der Waals surface area (Å²) in [5.74, 6) is 0.686. The molecule has 0 bridgehead atoms. The molecule has 1 N–H and O–H groups in total. The summed E-state index contributed by atoms with van der Waals surface area (Å²) >= 11 is 0. The van der Waals surface area contributed by atoms with Gasteiger partial charge in [0.1, 0.15) is 0 Å². The minimum Gasteiger partial charge on any atom is -0.314 e. The van der Waals surface area contributed by atoms with Crippen molar-refractivity contribution < 1.29 is 0 Å². The fourth-order valence-corrected chi connectivity index (χ4v) is 3.44. The first-order valence-corrected chi connectivity index (χ1v) is 7.44. The van der Waals surface area contributed by atoms with Crippen molar-refractivity contribution in [3.8, 4) is 0 Å². The molecule has 1 aromatic heterocycles. The number of fused-ring (bicyclic) bond motifs is 1. The van der Waals surface area contributed by atoms with Crippen LogP contribution >= 0.6 is 0 Å². The van der Waals surface area contributed by atoms with Crippen LogP contribution in [0.1, 0.15) is 44.1 Å². The van der Waals surface area contributed by atoms with Gasteiger partial charge in [0.25, 0.3) is 0 Å². The normalized spacial score (nSPS) is 23.6. The maximum atomic E-state index is 4.31. The van der Waals surface area contributed by atoms with Gasteiger partial charge in [-0.2, -0.15) is 0 Å². The van der Waals surface area contributed by atoms with Gasteiger partial charge in [-0.3, -0.25) is 4.98 Å². The second-order valence-electron chi connectivity index (χ2n) is 5.56. The highest BCUT2D eigenvalue weighted by molar-refractivity contribution is 5.85. The highest BCUT2D eigenvalue weighted by Crippen LogP contribution is 2.36. The highest BCUT2D eigenvalue weighted by atomic mass is 14.9. The molecule has 0 spiro atoms. The van der Waals surface area contributed by atoms with Crippen LogP contribution in [0.25, 0.3) is 10.8 Å². The van der Waals surface area contributed by atoms with Crippen molar-refractivity contribution in [2.75, 3.05) is 6.54 Å². The second kappa shape index (κ2) is 5.70. The topological polar surface area (TPSA) is 24.9 Å². The third-order valence-electron chi connectivity index (χ3n) is 4.32. The summed E-state index contributed by atoms with van der Waals surface area (Å²) in [6.45, 7) is 3.28. The first kappa shape index (κ1) is 12.6. The Morgan fingerprint density at radius 3 is 3.11 bits per heavy atom. The Kier molecular flexibility index (Phi) is 3.79. The van der Waals surface area contributed by atoms with Crippen LogP contribution in [0.4, 0.5) is 0 Å². The molecule has 2 atom stereocenters. The minimum absolute atomic E-state index is 0.686. The third kappa shape index (κ3) is 2.64. The number of benzene rings is 1. The van der Waals surface area contributed by atoms with Crippen LogP contribution in [0.2, 0.25) is 0 Å². The van der Waals surface area contributed by atoms with Crippen molar-refractivity contribution in [2.45, 2.75) is 44.6 Å². The third-order valence-corrected chi connectivity index (χ3v) is 4.32. The molecule has 100 valence electrons. The van der Waals surface area contributed by atoms with E-state index >= 15 is 0 Å². The van der Waals surface area contributed by atoms with E-state index in [1.54, 1.807) is 0 Å². The molecule has 1 saturated carbocycles. The van der Waals surface area contributed by atoms with Crippen molar-refractivity contribution in [3.63, 3.8) is 0 Å². The van der Waals surface area contributed by atoms with Crippen molar-refractivity contribution in [2.24, 2.45) is 0 Å². The fourth-order valence-electron chi connectivity index (χ4n) is 3.44. The Bertz CT molecular complexity index is 542. The summed E-state index contributed by atoms with van der Waals surface area (Å²) in [6.07, 6.45) is 9.15. The molecule has 0 amide bonds. The van der Waals surface area contributed by atoms with Gasteiger partial charge in [-0.25, -0.2) is 0 Å². The summed E-state index contributed by atoms with van der Waals surface area (Å²) in [4.78, 5) is 4.31. The molecule has 2 nitrogen and oxygen atoms in total.